The van der Waals surface area contributed by atoms with Crippen LogP contribution in [-0.2, 0) is 6.54 Å². The Kier molecular flexibility index (Phi) is 3.58. The van der Waals surface area contributed by atoms with Gasteiger partial charge < -0.3 is 10.6 Å². The number of nitrogens with zero attached hydrogens (tertiary/aromatic N) is 3. The molecule has 2 rings (SSSR count). The summed E-state index contributed by atoms with van der Waals surface area (Å²) < 4.78 is 0. The largest absolute Gasteiger partial charge is 0.326 e. The normalized spacial score (nSPS) is 10.4. The van der Waals surface area contributed by atoms with Crippen molar-refractivity contribution in [3.05, 3.63) is 47.3 Å². The number of anilines is 2. The third kappa shape index (κ3) is 2.65. The lowest BCUT2D eigenvalue weighted by Gasteiger charge is -2.18. The first kappa shape index (κ1) is 12.5. The minimum Gasteiger partial charge on any atom is -0.326 e. The molecule has 0 saturated heterocycles. The van der Waals surface area contributed by atoms with Crippen LogP contribution in [0.15, 0.2) is 30.3 Å². The Morgan fingerprint density at radius 1 is 1.11 bits per heavy atom. The van der Waals surface area contributed by atoms with Crippen LogP contribution >= 0.6 is 0 Å². The number of nitrogens with two attached hydrogens (primary N) is 1. The van der Waals surface area contributed by atoms with Gasteiger partial charge in [0.1, 0.15) is 0 Å². The van der Waals surface area contributed by atoms with Crippen molar-refractivity contribution in [1.29, 1.82) is 0 Å². The number of aryl methyl sites for hydroxylation is 2. The average Bonchev–Trinajstić information content (AvgIpc) is 2.37. The Balaban J connectivity index is 2.37. The van der Waals surface area contributed by atoms with Crippen LogP contribution in [0.5, 0.6) is 0 Å². The van der Waals surface area contributed by atoms with Crippen LogP contribution in [0.1, 0.15) is 17.0 Å². The highest BCUT2D eigenvalue weighted by molar-refractivity contribution is 5.57. The van der Waals surface area contributed by atoms with Gasteiger partial charge in [-0.25, -0.2) is 9.97 Å². The molecular weight excluding hydrogens is 224 g/mol. The number of rotatable bonds is 3. The van der Waals surface area contributed by atoms with Crippen molar-refractivity contribution >= 4 is 11.6 Å². The molecule has 1 aromatic carbocycles. The molecule has 0 atom stereocenters. The second-order valence-corrected chi connectivity index (χ2v) is 4.38. The number of hydrogen-bond donors (Lipinski definition) is 1. The number of benzene rings is 1. The SMILES string of the molecule is Cc1cc(C)nc(N(C)c2cccc(CN)c2)n1. The Labute approximate surface area is 107 Å². The molecule has 2 aromatic rings. The van der Waals surface area contributed by atoms with E-state index in [0.29, 0.717) is 12.5 Å². The van der Waals surface area contributed by atoms with E-state index in [1.165, 1.54) is 0 Å². The van der Waals surface area contributed by atoms with E-state index < -0.39 is 0 Å². The van der Waals surface area contributed by atoms with Gasteiger partial charge in [-0.2, -0.15) is 0 Å². The summed E-state index contributed by atoms with van der Waals surface area (Å²) in [6.07, 6.45) is 0. The lowest BCUT2D eigenvalue weighted by Crippen LogP contribution is -2.14. The first-order valence-corrected chi connectivity index (χ1v) is 5.95. The van der Waals surface area contributed by atoms with Crippen LogP contribution in [0.3, 0.4) is 0 Å². The van der Waals surface area contributed by atoms with Crippen molar-refractivity contribution < 1.29 is 0 Å². The standard InChI is InChI=1S/C14H18N4/c1-10-7-11(2)17-14(16-10)18(3)13-6-4-5-12(8-13)9-15/h4-8H,9,15H2,1-3H3. The van der Waals surface area contributed by atoms with Crippen LogP contribution in [0.4, 0.5) is 11.6 Å². The van der Waals surface area contributed by atoms with Gasteiger partial charge in [-0.05, 0) is 37.6 Å². The van der Waals surface area contributed by atoms with Gasteiger partial charge in [0, 0.05) is 30.7 Å². The maximum absolute atomic E-state index is 5.66. The minimum absolute atomic E-state index is 0.537. The van der Waals surface area contributed by atoms with Crippen LogP contribution in [0.2, 0.25) is 0 Å². The Bertz CT molecular complexity index is 531. The summed E-state index contributed by atoms with van der Waals surface area (Å²) >= 11 is 0. The fraction of sp³-hybridized carbons (Fsp3) is 0.286. The molecule has 0 aliphatic heterocycles. The first-order valence-electron chi connectivity index (χ1n) is 5.95. The summed E-state index contributed by atoms with van der Waals surface area (Å²) in [7, 11) is 1.96. The predicted octanol–water partition coefficient (Wildman–Crippen LogP) is 2.32. The van der Waals surface area contributed by atoms with E-state index in [1.54, 1.807) is 0 Å². The summed E-state index contributed by atoms with van der Waals surface area (Å²) in [5.41, 5.74) is 9.74. The summed E-state index contributed by atoms with van der Waals surface area (Å²) in [5, 5.41) is 0. The van der Waals surface area contributed by atoms with Crippen LogP contribution < -0.4 is 10.6 Å². The zero-order valence-electron chi connectivity index (χ0n) is 11.0. The van der Waals surface area contributed by atoms with Gasteiger partial charge in [0.05, 0.1) is 0 Å². The zero-order chi connectivity index (χ0) is 13.1. The predicted molar refractivity (Wildman–Crippen MR) is 73.9 cm³/mol. The van der Waals surface area contributed by atoms with Crippen LogP contribution in [0.25, 0.3) is 0 Å². The van der Waals surface area contributed by atoms with Gasteiger partial charge in [0.25, 0.3) is 0 Å². The molecule has 18 heavy (non-hydrogen) atoms. The van der Waals surface area contributed by atoms with Gasteiger partial charge in [-0.1, -0.05) is 12.1 Å². The van der Waals surface area contributed by atoms with Gasteiger partial charge in [-0.3, -0.25) is 0 Å². The molecule has 1 aromatic heterocycles. The quantitative estimate of drug-likeness (QED) is 0.897. The van der Waals surface area contributed by atoms with E-state index in [4.69, 9.17) is 5.73 Å². The second-order valence-electron chi connectivity index (χ2n) is 4.38. The maximum atomic E-state index is 5.66. The molecule has 1 heterocycles. The van der Waals surface area contributed by atoms with E-state index in [2.05, 4.69) is 16.0 Å². The van der Waals surface area contributed by atoms with Crippen molar-refractivity contribution in [3.8, 4) is 0 Å². The van der Waals surface area contributed by atoms with Crippen molar-refractivity contribution in [2.24, 2.45) is 5.73 Å². The highest BCUT2D eigenvalue weighted by Crippen LogP contribution is 2.21. The van der Waals surface area contributed by atoms with E-state index >= 15 is 0 Å². The molecule has 2 N–H and O–H groups in total. The molecule has 4 nitrogen and oxygen atoms in total. The lowest BCUT2D eigenvalue weighted by molar-refractivity contribution is 0.982. The fourth-order valence-corrected chi connectivity index (χ4v) is 1.86. The molecule has 4 heteroatoms. The van der Waals surface area contributed by atoms with E-state index in [0.717, 1.165) is 22.6 Å². The lowest BCUT2D eigenvalue weighted by atomic mass is 10.2. The first-order chi connectivity index (χ1) is 8.60. The van der Waals surface area contributed by atoms with Gasteiger partial charge >= 0.3 is 0 Å². The van der Waals surface area contributed by atoms with E-state index in [1.807, 2.05) is 50.1 Å². The van der Waals surface area contributed by atoms with Gasteiger partial charge in [-0.15, -0.1) is 0 Å². The molecule has 0 aliphatic rings. The van der Waals surface area contributed by atoms with Crippen molar-refractivity contribution in [2.45, 2.75) is 20.4 Å². The molecule has 0 saturated carbocycles. The highest BCUT2D eigenvalue weighted by atomic mass is 15.2. The molecular formula is C14H18N4. The number of aromatic nitrogens is 2. The van der Waals surface area contributed by atoms with Gasteiger partial charge in [0.15, 0.2) is 0 Å². The third-order valence-electron chi connectivity index (χ3n) is 2.80. The van der Waals surface area contributed by atoms with E-state index in [-0.39, 0.29) is 0 Å². The molecule has 0 amide bonds. The summed E-state index contributed by atoms with van der Waals surface area (Å²) in [5.74, 6) is 0.710. The molecule has 0 fully saturated rings. The summed E-state index contributed by atoms with van der Waals surface area (Å²) in [6.45, 7) is 4.49. The van der Waals surface area contributed by atoms with Crippen LogP contribution in [-0.4, -0.2) is 17.0 Å². The molecule has 0 bridgehead atoms. The molecule has 0 unspecified atom stereocenters. The summed E-state index contributed by atoms with van der Waals surface area (Å²) in [4.78, 5) is 10.9. The molecule has 0 radical (unpaired) electrons. The van der Waals surface area contributed by atoms with E-state index in [9.17, 15) is 0 Å². The molecule has 0 spiro atoms. The Morgan fingerprint density at radius 3 is 2.39 bits per heavy atom. The number of hydrogen-bond acceptors (Lipinski definition) is 4. The smallest absolute Gasteiger partial charge is 0.230 e. The van der Waals surface area contributed by atoms with Crippen molar-refractivity contribution in [3.63, 3.8) is 0 Å². The summed E-state index contributed by atoms with van der Waals surface area (Å²) in [6, 6.07) is 10.1. The Morgan fingerprint density at radius 2 is 1.78 bits per heavy atom. The minimum atomic E-state index is 0.537. The fourth-order valence-electron chi connectivity index (χ4n) is 1.86. The highest BCUT2D eigenvalue weighted by Gasteiger charge is 2.08. The topological polar surface area (TPSA) is 55.0 Å². The maximum Gasteiger partial charge on any atom is 0.230 e. The van der Waals surface area contributed by atoms with Crippen LogP contribution in [0, 0.1) is 13.8 Å². The van der Waals surface area contributed by atoms with Gasteiger partial charge in [0.2, 0.25) is 5.95 Å². The van der Waals surface area contributed by atoms with Crippen molar-refractivity contribution in [2.75, 3.05) is 11.9 Å². The monoisotopic (exact) mass is 242 g/mol. The third-order valence-corrected chi connectivity index (χ3v) is 2.80. The van der Waals surface area contributed by atoms with Crippen molar-refractivity contribution in [1.82, 2.24) is 9.97 Å². The zero-order valence-corrected chi connectivity index (χ0v) is 11.0. The second kappa shape index (κ2) is 5.14. The Hall–Kier alpha value is -1.94. The average molecular weight is 242 g/mol. The molecule has 94 valence electrons. The molecule has 0 aliphatic carbocycles.